The summed E-state index contributed by atoms with van der Waals surface area (Å²) in [7, 11) is 1.58. The van der Waals surface area contributed by atoms with Gasteiger partial charge in [0.05, 0.1) is 19.4 Å². The Morgan fingerprint density at radius 1 is 1.13 bits per heavy atom. The van der Waals surface area contributed by atoms with Gasteiger partial charge >= 0.3 is 0 Å². The quantitative estimate of drug-likeness (QED) is 0.497. The molecule has 1 heterocycles. The zero-order valence-corrected chi connectivity index (χ0v) is 18.5. The van der Waals surface area contributed by atoms with E-state index >= 15 is 0 Å². The highest BCUT2D eigenvalue weighted by Crippen LogP contribution is 2.20. The van der Waals surface area contributed by atoms with Crippen molar-refractivity contribution in [1.82, 2.24) is 20.1 Å². The van der Waals surface area contributed by atoms with Crippen LogP contribution in [0.1, 0.15) is 28.7 Å². The van der Waals surface area contributed by atoms with Gasteiger partial charge in [0.25, 0.3) is 5.91 Å². The minimum Gasteiger partial charge on any atom is -0.497 e. The van der Waals surface area contributed by atoms with Crippen LogP contribution in [0.15, 0.2) is 53.7 Å². The number of benzene rings is 2. The van der Waals surface area contributed by atoms with Crippen molar-refractivity contribution in [3.05, 3.63) is 65.5 Å². The standard InChI is InChI=1S/C22H25N5O3S/c1-4-27-19(13-23-21(29)18-11-6-5-8-15(18)2)25-26-22(27)31-14-20(28)24-16-9-7-10-17(12-16)30-3/h5-12H,4,13-14H2,1-3H3,(H,23,29)(H,24,28). The van der Waals surface area contributed by atoms with E-state index in [1.54, 1.807) is 25.3 Å². The molecule has 2 aromatic carbocycles. The van der Waals surface area contributed by atoms with E-state index in [1.807, 2.05) is 48.7 Å². The summed E-state index contributed by atoms with van der Waals surface area (Å²) >= 11 is 1.30. The molecule has 0 bridgehead atoms. The molecule has 1 aromatic heterocycles. The second-order valence-corrected chi connectivity index (χ2v) is 7.65. The van der Waals surface area contributed by atoms with Crippen LogP contribution in [0.25, 0.3) is 0 Å². The maximum absolute atomic E-state index is 12.4. The summed E-state index contributed by atoms with van der Waals surface area (Å²) in [6.07, 6.45) is 0. The molecule has 162 valence electrons. The van der Waals surface area contributed by atoms with Crippen LogP contribution >= 0.6 is 11.8 Å². The lowest BCUT2D eigenvalue weighted by Gasteiger charge is -2.10. The Hall–Kier alpha value is -3.33. The van der Waals surface area contributed by atoms with Gasteiger partial charge in [-0.2, -0.15) is 0 Å². The molecule has 9 heteroatoms. The molecule has 0 fully saturated rings. The van der Waals surface area contributed by atoms with Crippen molar-refractivity contribution >= 4 is 29.3 Å². The average molecular weight is 440 g/mol. The third kappa shape index (κ3) is 5.85. The Balaban J connectivity index is 1.57. The molecule has 2 amide bonds. The highest BCUT2D eigenvalue weighted by atomic mass is 32.2. The Kier molecular flexibility index (Phi) is 7.66. The van der Waals surface area contributed by atoms with Gasteiger partial charge in [-0.25, -0.2) is 0 Å². The minimum atomic E-state index is -0.157. The number of hydrogen-bond acceptors (Lipinski definition) is 6. The number of nitrogens with one attached hydrogen (secondary N) is 2. The molecular weight excluding hydrogens is 414 g/mol. The first kappa shape index (κ1) is 22.4. The molecule has 0 aliphatic heterocycles. The lowest BCUT2D eigenvalue weighted by Crippen LogP contribution is -2.25. The largest absolute Gasteiger partial charge is 0.497 e. The van der Waals surface area contributed by atoms with Gasteiger partial charge < -0.3 is 19.9 Å². The van der Waals surface area contributed by atoms with Gasteiger partial charge in [0.2, 0.25) is 5.91 Å². The van der Waals surface area contributed by atoms with Gasteiger partial charge in [-0.15, -0.1) is 10.2 Å². The van der Waals surface area contributed by atoms with Gasteiger partial charge in [0.15, 0.2) is 11.0 Å². The van der Waals surface area contributed by atoms with E-state index in [9.17, 15) is 9.59 Å². The summed E-state index contributed by atoms with van der Waals surface area (Å²) in [5, 5.41) is 14.7. The van der Waals surface area contributed by atoms with E-state index in [4.69, 9.17) is 4.74 Å². The summed E-state index contributed by atoms with van der Waals surface area (Å²) in [4.78, 5) is 24.8. The van der Waals surface area contributed by atoms with Crippen LogP contribution in [0.2, 0.25) is 0 Å². The molecule has 3 rings (SSSR count). The predicted octanol–water partition coefficient (Wildman–Crippen LogP) is 3.28. The molecule has 0 saturated carbocycles. The summed E-state index contributed by atoms with van der Waals surface area (Å²) in [6, 6.07) is 14.6. The van der Waals surface area contributed by atoms with Gasteiger partial charge in [-0.3, -0.25) is 9.59 Å². The normalized spacial score (nSPS) is 10.5. The van der Waals surface area contributed by atoms with E-state index in [1.165, 1.54) is 11.8 Å². The maximum atomic E-state index is 12.4. The molecule has 0 aliphatic carbocycles. The fraction of sp³-hybridized carbons (Fsp3) is 0.273. The van der Waals surface area contributed by atoms with Crippen LogP contribution in [0, 0.1) is 6.92 Å². The summed E-state index contributed by atoms with van der Waals surface area (Å²) in [5.74, 6) is 1.19. The zero-order chi connectivity index (χ0) is 22.2. The fourth-order valence-electron chi connectivity index (χ4n) is 2.98. The number of hydrogen-bond donors (Lipinski definition) is 2. The van der Waals surface area contributed by atoms with Gasteiger partial charge in [-0.1, -0.05) is 36.0 Å². The van der Waals surface area contributed by atoms with E-state index < -0.39 is 0 Å². The molecule has 8 nitrogen and oxygen atoms in total. The zero-order valence-electron chi connectivity index (χ0n) is 17.7. The second-order valence-electron chi connectivity index (χ2n) is 6.71. The fourth-order valence-corrected chi connectivity index (χ4v) is 3.81. The molecule has 2 N–H and O–H groups in total. The Bertz CT molecular complexity index is 1070. The van der Waals surface area contributed by atoms with Crippen molar-refractivity contribution in [3.63, 3.8) is 0 Å². The number of methoxy groups -OCH3 is 1. The van der Waals surface area contributed by atoms with E-state index in [0.717, 1.165) is 5.56 Å². The third-order valence-electron chi connectivity index (χ3n) is 4.59. The smallest absolute Gasteiger partial charge is 0.251 e. The van der Waals surface area contributed by atoms with Crippen molar-refractivity contribution < 1.29 is 14.3 Å². The number of carbonyl (C=O) groups excluding carboxylic acids is 2. The van der Waals surface area contributed by atoms with Crippen LogP contribution in [-0.4, -0.2) is 39.4 Å². The van der Waals surface area contributed by atoms with Crippen molar-refractivity contribution in [2.24, 2.45) is 0 Å². The van der Waals surface area contributed by atoms with Crippen molar-refractivity contribution in [1.29, 1.82) is 0 Å². The van der Waals surface area contributed by atoms with Gasteiger partial charge in [0.1, 0.15) is 5.75 Å². The first-order chi connectivity index (χ1) is 15.0. The molecule has 0 unspecified atom stereocenters. The molecule has 0 saturated heterocycles. The number of anilines is 1. The van der Waals surface area contributed by atoms with Crippen molar-refractivity contribution in [2.75, 3.05) is 18.2 Å². The summed E-state index contributed by atoms with van der Waals surface area (Å²) < 4.78 is 7.06. The topological polar surface area (TPSA) is 98.1 Å². The number of carbonyl (C=O) groups is 2. The molecule has 0 aliphatic rings. The molecule has 0 atom stereocenters. The molecule has 0 spiro atoms. The van der Waals surface area contributed by atoms with Crippen LogP contribution in [-0.2, 0) is 17.9 Å². The number of nitrogens with zero attached hydrogens (tertiary/aromatic N) is 3. The number of aromatic nitrogens is 3. The SMILES string of the molecule is CCn1c(CNC(=O)c2ccccc2C)nnc1SCC(=O)Nc1cccc(OC)c1. The van der Waals surface area contributed by atoms with Crippen LogP contribution in [0.4, 0.5) is 5.69 Å². The summed E-state index contributed by atoms with van der Waals surface area (Å²) in [5.41, 5.74) is 2.21. The molecule has 0 radical (unpaired) electrons. The van der Waals surface area contributed by atoms with Crippen LogP contribution in [0.3, 0.4) is 0 Å². The third-order valence-corrected chi connectivity index (χ3v) is 5.56. The average Bonchev–Trinajstić information content (AvgIpc) is 3.18. The highest BCUT2D eigenvalue weighted by molar-refractivity contribution is 7.99. The molecule has 31 heavy (non-hydrogen) atoms. The lowest BCUT2D eigenvalue weighted by atomic mass is 10.1. The van der Waals surface area contributed by atoms with Crippen LogP contribution in [0.5, 0.6) is 5.75 Å². The maximum Gasteiger partial charge on any atom is 0.251 e. The number of rotatable bonds is 9. The summed E-state index contributed by atoms with van der Waals surface area (Å²) in [6.45, 7) is 4.75. The minimum absolute atomic E-state index is 0.154. The number of amides is 2. The molecule has 3 aromatic rings. The van der Waals surface area contributed by atoms with E-state index in [2.05, 4.69) is 20.8 Å². The first-order valence-corrected chi connectivity index (χ1v) is 10.8. The predicted molar refractivity (Wildman–Crippen MR) is 120 cm³/mol. The van der Waals surface area contributed by atoms with E-state index in [0.29, 0.717) is 34.5 Å². The monoisotopic (exact) mass is 439 g/mol. The van der Waals surface area contributed by atoms with Crippen molar-refractivity contribution in [2.45, 2.75) is 32.1 Å². The lowest BCUT2D eigenvalue weighted by molar-refractivity contribution is -0.113. The Morgan fingerprint density at radius 3 is 2.68 bits per heavy atom. The van der Waals surface area contributed by atoms with Crippen molar-refractivity contribution in [3.8, 4) is 5.75 Å². The van der Waals surface area contributed by atoms with Gasteiger partial charge in [-0.05, 0) is 37.6 Å². The number of thioether (sulfide) groups is 1. The second kappa shape index (κ2) is 10.6. The van der Waals surface area contributed by atoms with E-state index in [-0.39, 0.29) is 24.1 Å². The Morgan fingerprint density at radius 2 is 1.94 bits per heavy atom. The highest BCUT2D eigenvalue weighted by Gasteiger charge is 2.15. The molecular formula is C22H25N5O3S. The van der Waals surface area contributed by atoms with Crippen LogP contribution < -0.4 is 15.4 Å². The first-order valence-electron chi connectivity index (χ1n) is 9.84. The van der Waals surface area contributed by atoms with Gasteiger partial charge in [0, 0.05) is 23.9 Å². The number of aryl methyl sites for hydroxylation is 1. The number of ether oxygens (including phenoxy) is 1. The Labute approximate surface area is 185 Å².